The molecule has 0 unspecified atom stereocenters. The molecule has 0 aromatic heterocycles. The molecule has 3 N–H and O–H groups in total. The van der Waals surface area contributed by atoms with Crippen LogP contribution in [0.1, 0.15) is 0 Å². The van der Waals surface area contributed by atoms with Gasteiger partial charge >= 0.3 is 59.2 Å². The van der Waals surface area contributed by atoms with Crippen molar-refractivity contribution < 1.29 is 61.0 Å². The van der Waals surface area contributed by atoms with Gasteiger partial charge in [0.25, 0.3) is 0 Å². The Labute approximate surface area is 117 Å². The van der Waals surface area contributed by atoms with Crippen LogP contribution in [0.25, 0.3) is 0 Å². The van der Waals surface area contributed by atoms with Crippen LogP contribution in [0.5, 0.6) is 0 Å². The van der Waals surface area contributed by atoms with E-state index >= 15 is 0 Å². The molecule has 0 aliphatic rings. The average Bonchev–Trinajstić information content (AvgIpc) is 0.722. The summed E-state index contributed by atoms with van der Waals surface area (Å²) in [4.78, 5) is 21.6. The molecule has 7 heteroatoms. The summed E-state index contributed by atoms with van der Waals surface area (Å²) in [5, 5.41) is 0. The van der Waals surface area contributed by atoms with E-state index in [2.05, 4.69) is 0 Å². The molecule has 0 saturated carbocycles. The van der Waals surface area contributed by atoms with Gasteiger partial charge in [0.15, 0.2) is 0 Å². The number of rotatable bonds is 0. The van der Waals surface area contributed by atoms with Gasteiger partial charge in [0.1, 0.15) is 0 Å². The Hall–Kier alpha value is 3.12. The minimum atomic E-state index is -4.64. The summed E-state index contributed by atoms with van der Waals surface area (Å²) in [6, 6.07) is 0. The second-order valence-corrected chi connectivity index (χ2v) is 1.54. The summed E-state index contributed by atoms with van der Waals surface area (Å²) in [5.74, 6) is 0. The normalized spacial score (nSPS) is 8.43. The van der Waals surface area contributed by atoms with E-state index in [1.807, 2.05) is 0 Å². The van der Waals surface area contributed by atoms with Crippen LogP contribution in [0.2, 0.25) is 0 Å². The molecule has 4 nitrogen and oxygen atoms in total. The number of hydrogen-bond donors (Lipinski definition) is 3. The van der Waals surface area contributed by atoms with Crippen molar-refractivity contribution in [2.75, 3.05) is 0 Å². The van der Waals surface area contributed by atoms with Crippen molar-refractivity contribution in [2.24, 2.45) is 0 Å². The van der Waals surface area contributed by atoms with Gasteiger partial charge in [0, 0.05) is 41.7 Å². The second kappa shape index (κ2) is 7.23. The maximum absolute atomic E-state index is 8.88. The fourth-order valence-electron chi connectivity index (χ4n) is 0. The van der Waals surface area contributed by atoms with E-state index in [1.165, 1.54) is 0 Å². The van der Waals surface area contributed by atoms with Crippen molar-refractivity contribution in [3.63, 3.8) is 0 Å². The van der Waals surface area contributed by atoms with Gasteiger partial charge in [0.2, 0.25) is 0 Å². The van der Waals surface area contributed by atoms with Crippen molar-refractivity contribution in [3.8, 4) is 0 Å². The van der Waals surface area contributed by atoms with Crippen LogP contribution in [0.3, 0.4) is 0 Å². The molecule has 0 rings (SSSR count). The quantitative estimate of drug-likeness (QED) is 0.369. The van der Waals surface area contributed by atoms with E-state index in [0.717, 1.165) is 0 Å². The molecular weight excluding hydrogens is 274 g/mol. The Morgan fingerprint density at radius 3 is 1.14 bits per heavy atom. The van der Waals surface area contributed by atoms with Gasteiger partial charge in [-0.25, -0.2) is 4.57 Å². The van der Waals surface area contributed by atoms with Gasteiger partial charge in [0.05, 0.1) is 0 Å². The molecule has 0 heterocycles. The molecule has 0 spiro atoms. The third-order valence-electron chi connectivity index (χ3n) is 0. The Bertz CT molecular complexity index is 57.8. The zero-order valence-corrected chi connectivity index (χ0v) is 6.73. The molecule has 0 atom stereocenters. The summed E-state index contributed by atoms with van der Waals surface area (Å²) in [6.45, 7) is 0. The second-order valence-electron chi connectivity index (χ2n) is 0.513. The average molecular weight is 278 g/mol. The van der Waals surface area contributed by atoms with E-state index < -0.39 is 7.82 Å². The third kappa shape index (κ3) is 47.5. The van der Waals surface area contributed by atoms with Crippen LogP contribution in [0.4, 0.5) is 0 Å². The number of hydrogen-bond acceptors (Lipinski definition) is 1. The number of phosphoric acid groups is 1. The first-order chi connectivity index (χ1) is 2.00. The van der Waals surface area contributed by atoms with E-state index in [4.69, 9.17) is 19.2 Å². The molecule has 0 aliphatic carbocycles. The van der Waals surface area contributed by atoms with Crippen LogP contribution in [0.15, 0.2) is 0 Å². The Balaban J connectivity index is -0.0000000800. The summed E-state index contributed by atoms with van der Waals surface area (Å²) in [7, 11) is -4.64. The molecule has 0 aromatic carbocycles. The Kier molecular flexibility index (Phi) is 17.2. The van der Waals surface area contributed by atoms with Crippen LogP contribution < -0.4 is 0 Å². The Morgan fingerprint density at radius 2 is 1.14 bits per heavy atom. The SMILES string of the molecule is O=P(O)(O)O.[Ce].[KH]. The van der Waals surface area contributed by atoms with Crippen molar-refractivity contribution in [1.82, 2.24) is 0 Å². The van der Waals surface area contributed by atoms with Crippen molar-refractivity contribution >= 4 is 59.2 Å². The van der Waals surface area contributed by atoms with E-state index in [-0.39, 0.29) is 93.1 Å². The maximum atomic E-state index is 8.88. The summed E-state index contributed by atoms with van der Waals surface area (Å²) in [5.41, 5.74) is 0. The van der Waals surface area contributed by atoms with Gasteiger partial charge in [-0.3, -0.25) is 0 Å². The van der Waals surface area contributed by atoms with Gasteiger partial charge < -0.3 is 14.7 Å². The molecule has 0 saturated heterocycles. The predicted octanol–water partition coefficient (Wildman–Crippen LogP) is -1.58. The van der Waals surface area contributed by atoms with Gasteiger partial charge in [-0.1, -0.05) is 0 Å². The molecule has 0 radical (unpaired) electrons. The van der Waals surface area contributed by atoms with Crippen molar-refractivity contribution in [2.45, 2.75) is 0 Å². The summed E-state index contributed by atoms with van der Waals surface area (Å²) < 4.78 is 8.88. The first-order valence-corrected chi connectivity index (χ1v) is 2.35. The van der Waals surface area contributed by atoms with Crippen molar-refractivity contribution in [1.29, 1.82) is 0 Å². The van der Waals surface area contributed by atoms with Crippen LogP contribution in [0, 0.1) is 41.7 Å². The minimum absolute atomic E-state index is 0. The van der Waals surface area contributed by atoms with Crippen molar-refractivity contribution in [3.05, 3.63) is 0 Å². The van der Waals surface area contributed by atoms with E-state index in [1.54, 1.807) is 0 Å². The van der Waals surface area contributed by atoms with Crippen LogP contribution >= 0.6 is 7.82 Å². The van der Waals surface area contributed by atoms with E-state index in [0.29, 0.717) is 0 Å². The molecular formula is H4CeKO4P. The standard InChI is InChI=1S/Ce.K.H3O4P.H/c;;1-5(2,3)4;/h;;(H3,1,2,3,4);. The molecule has 0 aromatic rings. The van der Waals surface area contributed by atoms with Gasteiger partial charge in [-0.2, -0.15) is 0 Å². The van der Waals surface area contributed by atoms with Gasteiger partial charge in [-0.15, -0.1) is 0 Å². The molecule has 0 aliphatic heterocycles. The summed E-state index contributed by atoms with van der Waals surface area (Å²) >= 11 is 0. The fraction of sp³-hybridized carbons (Fsp3) is 0. The zero-order chi connectivity index (χ0) is 4.50. The predicted molar refractivity (Wildman–Crippen MR) is 21.4 cm³/mol. The topological polar surface area (TPSA) is 77.8 Å². The van der Waals surface area contributed by atoms with Crippen LogP contribution in [-0.2, 0) is 4.57 Å². The molecule has 0 amide bonds. The van der Waals surface area contributed by atoms with E-state index in [9.17, 15) is 0 Å². The molecule has 7 heavy (non-hydrogen) atoms. The molecule has 0 bridgehead atoms. The monoisotopic (exact) mass is 278 g/mol. The first kappa shape index (κ1) is 16.6. The summed E-state index contributed by atoms with van der Waals surface area (Å²) in [6.07, 6.45) is 0. The fourth-order valence-corrected chi connectivity index (χ4v) is 0. The Morgan fingerprint density at radius 1 is 1.14 bits per heavy atom. The first-order valence-electron chi connectivity index (χ1n) is 0.783. The molecule has 38 valence electrons. The van der Waals surface area contributed by atoms with Gasteiger partial charge in [-0.05, 0) is 0 Å². The third-order valence-corrected chi connectivity index (χ3v) is 0. The molecule has 0 fully saturated rings. The van der Waals surface area contributed by atoms with Crippen LogP contribution in [-0.4, -0.2) is 66.1 Å². The zero-order valence-electron chi connectivity index (χ0n) is 2.70.